The minimum absolute atomic E-state index is 0.641. The second kappa shape index (κ2) is 5.10. The molecule has 0 radical (unpaired) electrons. The van der Waals surface area contributed by atoms with E-state index >= 15 is 0 Å². The summed E-state index contributed by atoms with van der Waals surface area (Å²) < 4.78 is 0.912. The van der Waals surface area contributed by atoms with Crippen molar-refractivity contribution >= 4 is 34.1 Å². The minimum Gasteiger partial charge on any atom is -0.338 e. The highest BCUT2D eigenvalue weighted by Gasteiger charge is 2.07. The van der Waals surface area contributed by atoms with Gasteiger partial charge in [-0.2, -0.15) is 5.26 Å². The molecule has 2 aromatic rings. The maximum Gasteiger partial charge on any atom is 0.147 e. The second-order valence-corrected chi connectivity index (χ2v) is 4.62. The van der Waals surface area contributed by atoms with Crippen LogP contribution in [0.2, 0.25) is 0 Å². The molecule has 0 bridgehead atoms. The number of hydrogen-bond donors (Lipinski definition) is 1. The van der Waals surface area contributed by atoms with E-state index < -0.39 is 0 Å². The molecule has 2 rings (SSSR count). The van der Waals surface area contributed by atoms with Crippen molar-refractivity contribution in [3.8, 4) is 6.07 Å². The number of nitriles is 1. The van der Waals surface area contributed by atoms with Gasteiger partial charge in [-0.1, -0.05) is 12.1 Å². The van der Waals surface area contributed by atoms with E-state index in [4.69, 9.17) is 5.26 Å². The molecule has 0 saturated heterocycles. The Balaban J connectivity index is 2.41. The standard InChI is InChI=1S/C12H9IN4/c1-8-3-2-4-11(9(8)5-14)17-12-10(13)6-15-7-16-12/h2-4,6-7H,1H3,(H,15,16,17). The average molecular weight is 336 g/mol. The Morgan fingerprint density at radius 3 is 2.94 bits per heavy atom. The monoisotopic (exact) mass is 336 g/mol. The molecule has 0 aliphatic heterocycles. The Kier molecular flexibility index (Phi) is 3.54. The maximum absolute atomic E-state index is 9.12. The molecule has 5 heteroatoms. The summed E-state index contributed by atoms with van der Waals surface area (Å²) in [6.45, 7) is 1.91. The molecule has 0 amide bonds. The number of rotatable bonds is 2. The summed E-state index contributed by atoms with van der Waals surface area (Å²) in [5.74, 6) is 0.711. The molecule has 0 aliphatic rings. The molecule has 1 N–H and O–H groups in total. The van der Waals surface area contributed by atoms with Crippen LogP contribution >= 0.6 is 22.6 Å². The summed E-state index contributed by atoms with van der Waals surface area (Å²) in [4.78, 5) is 8.06. The fraction of sp³-hybridized carbons (Fsp3) is 0.0833. The van der Waals surface area contributed by atoms with Crippen molar-refractivity contribution in [1.29, 1.82) is 5.26 Å². The summed E-state index contributed by atoms with van der Waals surface area (Å²) in [6.07, 6.45) is 3.20. The quantitative estimate of drug-likeness (QED) is 0.857. The number of benzene rings is 1. The average Bonchev–Trinajstić information content (AvgIpc) is 2.32. The van der Waals surface area contributed by atoms with Crippen LogP contribution in [0.4, 0.5) is 11.5 Å². The van der Waals surface area contributed by atoms with Crippen LogP contribution < -0.4 is 5.32 Å². The Bertz CT molecular complexity index is 589. The fourth-order valence-corrected chi connectivity index (χ4v) is 1.89. The third-order valence-electron chi connectivity index (χ3n) is 2.31. The molecular weight excluding hydrogens is 327 g/mol. The number of nitrogens with zero attached hydrogens (tertiary/aromatic N) is 3. The Labute approximate surface area is 113 Å². The van der Waals surface area contributed by atoms with Crippen LogP contribution in [0.15, 0.2) is 30.7 Å². The van der Waals surface area contributed by atoms with E-state index in [0.29, 0.717) is 11.4 Å². The lowest BCUT2D eigenvalue weighted by atomic mass is 10.1. The topological polar surface area (TPSA) is 61.6 Å². The number of hydrogen-bond acceptors (Lipinski definition) is 4. The van der Waals surface area contributed by atoms with Gasteiger partial charge in [-0.15, -0.1) is 0 Å². The van der Waals surface area contributed by atoms with Gasteiger partial charge in [-0.3, -0.25) is 0 Å². The van der Waals surface area contributed by atoms with Gasteiger partial charge in [0.1, 0.15) is 18.2 Å². The molecule has 4 nitrogen and oxygen atoms in total. The molecule has 1 aromatic carbocycles. The predicted molar refractivity (Wildman–Crippen MR) is 73.9 cm³/mol. The summed E-state index contributed by atoms with van der Waals surface area (Å²) in [7, 11) is 0. The van der Waals surface area contributed by atoms with E-state index in [1.165, 1.54) is 6.33 Å². The summed E-state index contributed by atoms with van der Waals surface area (Å²) in [5.41, 5.74) is 2.35. The van der Waals surface area contributed by atoms with Gasteiger partial charge in [0.05, 0.1) is 14.8 Å². The lowest BCUT2D eigenvalue weighted by Gasteiger charge is -2.09. The van der Waals surface area contributed by atoms with Gasteiger partial charge in [0.2, 0.25) is 0 Å². The zero-order valence-corrected chi connectivity index (χ0v) is 11.3. The highest BCUT2D eigenvalue weighted by atomic mass is 127. The highest BCUT2D eigenvalue weighted by molar-refractivity contribution is 14.1. The zero-order valence-electron chi connectivity index (χ0n) is 9.11. The van der Waals surface area contributed by atoms with E-state index in [0.717, 1.165) is 14.8 Å². The van der Waals surface area contributed by atoms with Gasteiger partial charge >= 0.3 is 0 Å². The fourth-order valence-electron chi connectivity index (χ4n) is 1.45. The first-order chi connectivity index (χ1) is 8.22. The molecule has 84 valence electrons. The zero-order chi connectivity index (χ0) is 12.3. The Morgan fingerprint density at radius 1 is 1.41 bits per heavy atom. The van der Waals surface area contributed by atoms with Crippen LogP contribution in [0.3, 0.4) is 0 Å². The van der Waals surface area contributed by atoms with Crippen LogP contribution in [0.5, 0.6) is 0 Å². The highest BCUT2D eigenvalue weighted by Crippen LogP contribution is 2.23. The lowest BCUT2D eigenvalue weighted by Crippen LogP contribution is -1.99. The minimum atomic E-state index is 0.641. The van der Waals surface area contributed by atoms with E-state index in [1.54, 1.807) is 6.20 Å². The summed E-state index contributed by atoms with van der Waals surface area (Å²) >= 11 is 2.15. The van der Waals surface area contributed by atoms with Gasteiger partial charge in [0.15, 0.2) is 0 Å². The number of nitrogens with one attached hydrogen (secondary N) is 1. The number of halogens is 1. The van der Waals surface area contributed by atoms with E-state index in [2.05, 4.69) is 43.9 Å². The van der Waals surface area contributed by atoms with Crippen molar-refractivity contribution in [2.75, 3.05) is 5.32 Å². The van der Waals surface area contributed by atoms with Crippen LogP contribution in [0.1, 0.15) is 11.1 Å². The first kappa shape index (κ1) is 11.8. The lowest BCUT2D eigenvalue weighted by molar-refractivity contribution is 1.15. The first-order valence-corrected chi connectivity index (χ1v) is 6.02. The van der Waals surface area contributed by atoms with Gasteiger partial charge in [-0.05, 0) is 41.1 Å². The van der Waals surface area contributed by atoms with Crippen molar-refractivity contribution < 1.29 is 0 Å². The summed E-state index contributed by atoms with van der Waals surface area (Å²) in [6, 6.07) is 7.88. The van der Waals surface area contributed by atoms with Gasteiger partial charge in [-0.25, -0.2) is 9.97 Å². The molecule has 1 heterocycles. The molecule has 0 spiro atoms. The van der Waals surface area contributed by atoms with Gasteiger partial charge < -0.3 is 5.32 Å². The molecule has 0 fully saturated rings. The maximum atomic E-state index is 9.12. The van der Waals surface area contributed by atoms with Crippen molar-refractivity contribution in [2.24, 2.45) is 0 Å². The largest absolute Gasteiger partial charge is 0.338 e. The van der Waals surface area contributed by atoms with E-state index in [1.807, 2.05) is 25.1 Å². The molecule has 1 aromatic heterocycles. The van der Waals surface area contributed by atoms with Crippen LogP contribution in [-0.2, 0) is 0 Å². The van der Waals surface area contributed by atoms with Gasteiger partial charge in [0, 0.05) is 6.20 Å². The van der Waals surface area contributed by atoms with Crippen molar-refractivity contribution in [1.82, 2.24) is 9.97 Å². The smallest absolute Gasteiger partial charge is 0.147 e. The van der Waals surface area contributed by atoms with Crippen molar-refractivity contribution in [3.05, 3.63) is 45.4 Å². The Hall–Kier alpha value is -1.68. The number of aromatic nitrogens is 2. The van der Waals surface area contributed by atoms with Crippen molar-refractivity contribution in [2.45, 2.75) is 6.92 Å². The van der Waals surface area contributed by atoms with Crippen LogP contribution in [-0.4, -0.2) is 9.97 Å². The molecule has 0 aliphatic carbocycles. The molecular formula is C12H9IN4. The molecule has 0 unspecified atom stereocenters. The van der Waals surface area contributed by atoms with E-state index in [-0.39, 0.29) is 0 Å². The Morgan fingerprint density at radius 2 is 2.24 bits per heavy atom. The predicted octanol–water partition coefficient (Wildman–Crippen LogP) is 3.00. The van der Waals surface area contributed by atoms with Crippen molar-refractivity contribution in [3.63, 3.8) is 0 Å². The van der Waals surface area contributed by atoms with Gasteiger partial charge in [0.25, 0.3) is 0 Å². The third-order valence-corrected chi connectivity index (χ3v) is 3.09. The van der Waals surface area contributed by atoms with Crippen LogP contribution in [0, 0.1) is 21.8 Å². The molecule has 0 saturated carbocycles. The number of anilines is 2. The third kappa shape index (κ3) is 2.53. The number of aryl methyl sites for hydroxylation is 1. The SMILES string of the molecule is Cc1cccc(Nc2ncncc2I)c1C#N. The van der Waals surface area contributed by atoms with E-state index in [9.17, 15) is 0 Å². The molecule has 17 heavy (non-hydrogen) atoms. The summed E-state index contributed by atoms with van der Waals surface area (Å²) in [5, 5.41) is 12.3. The van der Waals surface area contributed by atoms with Crippen LogP contribution in [0.25, 0.3) is 0 Å². The first-order valence-electron chi connectivity index (χ1n) is 4.94. The second-order valence-electron chi connectivity index (χ2n) is 3.45. The molecule has 0 atom stereocenters. The normalized spacial score (nSPS) is 9.71.